The zero-order chi connectivity index (χ0) is 73.1. The largest absolute Gasteiger partial charge is 0.472 e. The molecule has 4 unspecified atom stereocenters. The highest BCUT2D eigenvalue weighted by atomic mass is 31.2. The summed E-state index contributed by atoms with van der Waals surface area (Å²) in [7, 11) is -9.92. The molecule has 0 radical (unpaired) electrons. The molecule has 0 saturated heterocycles. The van der Waals surface area contributed by atoms with E-state index in [-0.39, 0.29) is 25.7 Å². The standard InChI is InChI=1S/C80H156O17P2/c1-9-72(7)58-50-42-34-28-24-20-15-13-11-12-14-16-22-26-30-36-46-54-62-79(84)96-75(66-90-77(82)60-52-44-35-29-25-21-18-17-19-23-27-32-40-48-56-70(3)4)68-94-98(86,87)92-64-74(81)65-93-99(88,89)95-69-76(97-80(85)63-55-47-37-31-33-41-49-57-71(5)6)67-91-78(83)61-53-45-39-38-43-51-59-73(8)10-2/h70-76,81H,9-69H2,1-8H3,(H,86,87)(H,88,89)/t72?,73?,74-,75-,76-/m1/s1. The molecule has 19 heteroatoms. The Morgan fingerprint density at radius 3 is 0.717 bits per heavy atom. The summed E-state index contributed by atoms with van der Waals surface area (Å²) in [6.07, 6.45) is 55.7. The van der Waals surface area contributed by atoms with Gasteiger partial charge in [0.05, 0.1) is 26.4 Å². The maximum atomic E-state index is 13.1. The Kier molecular flexibility index (Phi) is 67.8. The number of rotatable bonds is 77. The van der Waals surface area contributed by atoms with Gasteiger partial charge in [0.15, 0.2) is 12.2 Å². The van der Waals surface area contributed by atoms with Crippen LogP contribution in [-0.2, 0) is 65.4 Å². The molecule has 0 amide bonds. The maximum Gasteiger partial charge on any atom is 0.472 e. The molecule has 0 aliphatic rings. The Morgan fingerprint density at radius 2 is 0.485 bits per heavy atom. The third-order valence-electron chi connectivity index (χ3n) is 19.3. The highest BCUT2D eigenvalue weighted by molar-refractivity contribution is 7.47. The average Bonchev–Trinajstić information content (AvgIpc) is 1.00. The van der Waals surface area contributed by atoms with Gasteiger partial charge in [-0.3, -0.25) is 37.3 Å². The van der Waals surface area contributed by atoms with Gasteiger partial charge in [-0.25, -0.2) is 9.13 Å². The third kappa shape index (κ3) is 71.5. The number of phosphoric ester groups is 2. The fourth-order valence-electron chi connectivity index (χ4n) is 12.2. The minimum Gasteiger partial charge on any atom is -0.462 e. The van der Waals surface area contributed by atoms with Gasteiger partial charge in [-0.2, -0.15) is 0 Å². The summed E-state index contributed by atoms with van der Waals surface area (Å²) in [5.41, 5.74) is 0. The van der Waals surface area contributed by atoms with E-state index in [1.54, 1.807) is 0 Å². The number of carbonyl (C=O) groups excluding carboxylic acids is 4. The van der Waals surface area contributed by atoms with Crippen LogP contribution < -0.4 is 0 Å². The Bertz CT molecular complexity index is 1940. The molecular weight excluding hydrogens is 1290 g/mol. The molecule has 0 fully saturated rings. The Hall–Kier alpha value is -1.94. The van der Waals surface area contributed by atoms with Crippen molar-refractivity contribution in [3.8, 4) is 0 Å². The molecule has 3 N–H and O–H groups in total. The monoisotopic (exact) mass is 1450 g/mol. The van der Waals surface area contributed by atoms with Gasteiger partial charge in [-0.15, -0.1) is 0 Å². The summed E-state index contributed by atoms with van der Waals surface area (Å²) in [5, 5.41) is 10.6. The van der Waals surface area contributed by atoms with E-state index >= 15 is 0 Å². The van der Waals surface area contributed by atoms with Gasteiger partial charge < -0.3 is 33.8 Å². The zero-order valence-electron chi connectivity index (χ0n) is 65.1. The maximum absolute atomic E-state index is 13.1. The third-order valence-corrected chi connectivity index (χ3v) is 21.2. The molecule has 99 heavy (non-hydrogen) atoms. The number of phosphoric acid groups is 2. The normalized spacial score (nSPS) is 14.6. The van der Waals surface area contributed by atoms with Gasteiger partial charge in [0.1, 0.15) is 19.3 Å². The van der Waals surface area contributed by atoms with Crippen molar-refractivity contribution >= 4 is 39.5 Å². The van der Waals surface area contributed by atoms with Crippen LogP contribution in [0.15, 0.2) is 0 Å². The number of carbonyl (C=O) groups is 4. The molecule has 7 atom stereocenters. The van der Waals surface area contributed by atoms with Crippen molar-refractivity contribution in [3.05, 3.63) is 0 Å². The Labute approximate surface area is 607 Å². The molecular formula is C80H156O17P2. The fraction of sp³-hybridized carbons (Fsp3) is 0.950. The van der Waals surface area contributed by atoms with E-state index in [0.717, 1.165) is 114 Å². The highest BCUT2D eigenvalue weighted by Crippen LogP contribution is 2.45. The first-order chi connectivity index (χ1) is 47.7. The molecule has 0 rings (SSSR count). The van der Waals surface area contributed by atoms with E-state index in [4.69, 9.17) is 37.0 Å². The number of aliphatic hydroxyl groups excluding tert-OH is 1. The first-order valence-corrected chi connectivity index (χ1v) is 44.3. The Morgan fingerprint density at radius 1 is 0.283 bits per heavy atom. The molecule has 0 heterocycles. The molecule has 0 bridgehead atoms. The number of hydrogen-bond acceptors (Lipinski definition) is 15. The SMILES string of the molecule is CCC(C)CCCCCCCCCCCCCCCCCCCCC(=O)O[C@H](COC(=O)CCCCCCCCCCCCCCCCC(C)C)COP(=O)(O)OC[C@@H](O)COP(=O)(O)OC[C@@H](COC(=O)CCCCCCCCC(C)CC)OC(=O)CCCCCCCCCC(C)C. The number of ether oxygens (including phenoxy) is 4. The van der Waals surface area contributed by atoms with Crippen LogP contribution in [0.5, 0.6) is 0 Å². The van der Waals surface area contributed by atoms with E-state index in [2.05, 4.69) is 55.4 Å². The van der Waals surface area contributed by atoms with Crippen LogP contribution in [0, 0.1) is 23.7 Å². The second-order valence-corrected chi connectivity index (χ2v) is 33.1. The lowest BCUT2D eigenvalue weighted by molar-refractivity contribution is -0.161. The molecule has 0 saturated carbocycles. The summed E-state index contributed by atoms with van der Waals surface area (Å²) >= 11 is 0. The van der Waals surface area contributed by atoms with Crippen LogP contribution in [0.1, 0.15) is 409 Å². The molecule has 0 aliphatic carbocycles. The first kappa shape index (κ1) is 97.1. The summed E-state index contributed by atoms with van der Waals surface area (Å²) in [4.78, 5) is 72.9. The molecule has 588 valence electrons. The van der Waals surface area contributed by atoms with Crippen molar-refractivity contribution in [1.29, 1.82) is 0 Å². The molecule has 17 nitrogen and oxygen atoms in total. The molecule has 0 aliphatic heterocycles. The zero-order valence-corrected chi connectivity index (χ0v) is 66.9. The minimum atomic E-state index is -4.96. The van der Waals surface area contributed by atoms with Gasteiger partial charge in [-0.05, 0) is 49.4 Å². The smallest absolute Gasteiger partial charge is 0.462 e. The summed E-state index contributed by atoms with van der Waals surface area (Å²) in [6, 6.07) is 0. The highest BCUT2D eigenvalue weighted by Gasteiger charge is 2.30. The number of esters is 4. The summed E-state index contributed by atoms with van der Waals surface area (Å²) in [6.45, 7) is 14.2. The number of unbranched alkanes of at least 4 members (excludes halogenated alkanes) is 41. The lowest BCUT2D eigenvalue weighted by Crippen LogP contribution is -2.30. The summed E-state index contributed by atoms with van der Waals surface area (Å²) in [5.74, 6) is 0.977. The Balaban J connectivity index is 5.20. The number of aliphatic hydroxyl groups is 1. The van der Waals surface area contributed by atoms with Crippen LogP contribution in [0.2, 0.25) is 0 Å². The van der Waals surface area contributed by atoms with Crippen LogP contribution in [0.25, 0.3) is 0 Å². The van der Waals surface area contributed by atoms with E-state index in [1.807, 2.05) is 0 Å². The predicted molar refractivity (Wildman–Crippen MR) is 404 cm³/mol. The van der Waals surface area contributed by atoms with Crippen molar-refractivity contribution in [1.82, 2.24) is 0 Å². The van der Waals surface area contributed by atoms with Gasteiger partial charge in [0.2, 0.25) is 0 Å². The van der Waals surface area contributed by atoms with Gasteiger partial charge in [0, 0.05) is 25.7 Å². The topological polar surface area (TPSA) is 237 Å². The van der Waals surface area contributed by atoms with Gasteiger partial charge >= 0.3 is 39.5 Å². The number of hydrogen-bond donors (Lipinski definition) is 3. The van der Waals surface area contributed by atoms with Gasteiger partial charge in [0.25, 0.3) is 0 Å². The molecule has 0 aromatic rings. The van der Waals surface area contributed by atoms with Crippen molar-refractivity contribution in [2.75, 3.05) is 39.6 Å². The van der Waals surface area contributed by atoms with E-state index < -0.39 is 97.5 Å². The molecule has 0 aromatic carbocycles. The van der Waals surface area contributed by atoms with Crippen LogP contribution in [0.4, 0.5) is 0 Å². The second-order valence-electron chi connectivity index (χ2n) is 30.2. The molecule has 0 aromatic heterocycles. The first-order valence-electron chi connectivity index (χ1n) is 41.3. The quantitative estimate of drug-likeness (QED) is 0.0222. The molecule has 0 spiro atoms. The van der Waals surface area contributed by atoms with E-state index in [1.165, 1.54) is 205 Å². The van der Waals surface area contributed by atoms with Crippen LogP contribution >= 0.6 is 15.6 Å². The van der Waals surface area contributed by atoms with Crippen LogP contribution in [0.3, 0.4) is 0 Å². The van der Waals surface area contributed by atoms with Gasteiger partial charge in [-0.1, -0.05) is 357 Å². The fourth-order valence-corrected chi connectivity index (χ4v) is 13.8. The van der Waals surface area contributed by atoms with Crippen molar-refractivity contribution in [2.45, 2.75) is 427 Å². The van der Waals surface area contributed by atoms with Crippen molar-refractivity contribution < 1.29 is 80.2 Å². The lowest BCUT2D eigenvalue weighted by Gasteiger charge is -2.21. The van der Waals surface area contributed by atoms with Crippen LogP contribution in [-0.4, -0.2) is 96.7 Å². The lowest BCUT2D eigenvalue weighted by atomic mass is 9.99. The predicted octanol–water partition coefficient (Wildman–Crippen LogP) is 23.6. The van der Waals surface area contributed by atoms with E-state index in [9.17, 15) is 43.2 Å². The van der Waals surface area contributed by atoms with Crippen molar-refractivity contribution in [2.24, 2.45) is 23.7 Å². The summed E-state index contributed by atoms with van der Waals surface area (Å²) < 4.78 is 68.6. The van der Waals surface area contributed by atoms with Crippen molar-refractivity contribution in [3.63, 3.8) is 0 Å². The average molecular weight is 1450 g/mol. The second kappa shape index (κ2) is 69.1. The van der Waals surface area contributed by atoms with E-state index in [0.29, 0.717) is 31.6 Å². The minimum absolute atomic E-state index is 0.102.